The van der Waals surface area contributed by atoms with Crippen LogP contribution in [0.4, 0.5) is 13.2 Å². The molecule has 0 aliphatic carbocycles. The molecule has 0 aromatic carbocycles. The number of alkyl halides is 3. The van der Waals surface area contributed by atoms with E-state index in [0.717, 1.165) is 6.92 Å². The number of nitrogens with zero attached hydrogens (tertiary/aromatic N) is 1. The first-order valence-corrected chi connectivity index (χ1v) is 3.65. The van der Waals surface area contributed by atoms with Crippen LogP contribution in [-0.2, 0) is 4.79 Å². The summed E-state index contributed by atoms with van der Waals surface area (Å²) in [4.78, 5) is 14.2. The van der Waals surface area contributed by atoms with Crippen molar-refractivity contribution < 1.29 is 18.0 Å². The Kier molecular flexibility index (Phi) is 2.15. The number of hydrogen-bond acceptors (Lipinski definition) is 2. The minimum Gasteiger partial charge on any atom is -0.300 e. The molecular formula is C6H5F3N2OS. The molecule has 72 valence electrons. The lowest BCUT2D eigenvalue weighted by Crippen LogP contribution is -2.53. The number of amides is 1. The summed E-state index contributed by atoms with van der Waals surface area (Å²) in [6.07, 6.45) is -4.13. The molecule has 0 saturated heterocycles. The maximum Gasteiger partial charge on any atom is 0.407 e. The van der Waals surface area contributed by atoms with Crippen molar-refractivity contribution in [1.29, 1.82) is 0 Å². The molecule has 0 aromatic heterocycles. The van der Waals surface area contributed by atoms with Gasteiger partial charge in [0, 0.05) is 6.21 Å². The summed E-state index contributed by atoms with van der Waals surface area (Å²) >= 11 is 4.41. The van der Waals surface area contributed by atoms with Gasteiger partial charge in [0.2, 0.25) is 5.91 Å². The number of halogens is 3. The van der Waals surface area contributed by atoms with Crippen LogP contribution in [0.1, 0.15) is 6.92 Å². The second-order valence-electron chi connectivity index (χ2n) is 2.72. The zero-order valence-corrected chi connectivity index (χ0v) is 7.29. The summed E-state index contributed by atoms with van der Waals surface area (Å²) in [5.41, 5.74) is -2.57. The average molecular weight is 210 g/mol. The summed E-state index contributed by atoms with van der Waals surface area (Å²) in [7, 11) is 0. The van der Waals surface area contributed by atoms with E-state index in [4.69, 9.17) is 0 Å². The minimum absolute atomic E-state index is 0.244. The van der Waals surface area contributed by atoms with Gasteiger partial charge in [0.15, 0.2) is 10.5 Å². The maximum absolute atomic E-state index is 12.3. The van der Waals surface area contributed by atoms with Crippen LogP contribution in [0.3, 0.4) is 0 Å². The molecular weight excluding hydrogens is 205 g/mol. The third-order valence-electron chi connectivity index (χ3n) is 1.72. The highest BCUT2D eigenvalue weighted by molar-refractivity contribution is 7.80. The van der Waals surface area contributed by atoms with Crippen LogP contribution in [0.25, 0.3) is 0 Å². The number of thiocarbonyl (C=S) groups is 1. The minimum atomic E-state index is -4.66. The van der Waals surface area contributed by atoms with Crippen LogP contribution in [0.2, 0.25) is 0 Å². The Morgan fingerprint density at radius 3 is 2.54 bits per heavy atom. The highest BCUT2D eigenvalue weighted by atomic mass is 32.1. The molecule has 0 spiro atoms. The molecule has 0 aromatic rings. The summed E-state index contributed by atoms with van der Waals surface area (Å²) in [5.74, 6) is -1.19. The molecule has 0 bridgehead atoms. The van der Waals surface area contributed by atoms with Crippen LogP contribution in [-0.4, -0.2) is 23.4 Å². The SMILES string of the molecule is CC1(C(F)(F)F)C=NC(=S)NC1=O. The van der Waals surface area contributed by atoms with E-state index in [0.29, 0.717) is 6.21 Å². The van der Waals surface area contributed by atoms with Crippen LogP contribution in [0, 0.1) is 5.41 Å². The summed E-state index contributed by atoms with van der Waals surface area (Å²) in [6.45, 7) is 0.744. The van der Waals surface area contributed by atoms with Crippen LogP contribution in [0.5, 0.6) is 0 Å². The van der Waals surface area contributed by atoms with E-state index in [9.17, 15) is 18.0 Å². The molecule has 0 radical (unpaired) electrons. The maximum atomic E-state index is 12.3. The Morgan fingerprint density at radius 2 is 2.15 bits per heavy atom. The van der Waals surface area contributed by atoms with Crippen molar-refractivity contribution in [3.63, 3.8) is 0 Å². The number of nitrogens with one attached hydrogen (secondary N) is 1. The van der Waals surface area contributed by atoms with Gasteiger partial charge in [-0.25, -0.2) is 4.99 Å². The Balaban J connectivity index is 3.11. The first-order valence-electron chi connectivity index (χ1n) is 3.25. The first-order chi connectivity index (χ1) is 5.77. The van der Waals surface area contributed by atoms with Crippen molar-refractivity contribution in [3.8, 4) is 0 Å². The lowest BCUT2D eigenvalue weighted by Gasteiger charge is -2.28. The largest absolute Gasteiger partial charge is 0.407 e. The predicted octanol–water partition coefficient (Wildman–Crippen LogP) is 1.04. The van der Waals surface area contributed by atoms with Crippen molar-refractivity contribution in [1.82, 2.24) is 5.32 Å². The Morgan fingerprint density at radius 1 is 1.62 bits per heavy atom. The zero-order chi connectivity index (χ0) is 10.3. The quantitative estimate of drug-likeness (QED) is 0.607. The average Bonchev–Trinajstić information content (AvgIpc) is 1.95. The van der Waals surface area contributed by atoms with Crippen molar-refractivity contribution >= 4 is 29.5 Å². The van der Waals surface area contributed by atoms with Gasteiger partial charge in [0.1, 0.15) is 0 Å². The molecule has 1 amide bonds. The van der Waals surface area contributed by atoms with E-state index in [1.165, 1.54) is 0 Å². The van der Waals surface area contributed by atoms with Crippen LogP contribution in [0.15, 0.2) is 4.99 Å². The number of carbonyl (C=O) groups excluding carboxylic acids is 1. The summed E-state index contributed by atoms with van der Waals surface area (Å²) in [6, 6.07) is 0. The molecule has 1 aliphatic rings. The molecule has 3 nitrogen and oxygen atoms in total. The van der Waals surface area contributed by atoms with E-state index in [-0.39, 0.29) is 5.11 Å². The van der Waals surface area contributed by atoms with E-state index in [1.807, 2.05) is 5.32 Å². The van der Waals surface area contributed by atoms with E-state index < -0.39 is 17.5 Å². The highest BCUT2D eigenvalue weighted by Crippen LogP contribution is 2.37. The topological polar surface area (TPSA) is 41.5 Å². The Labute approximate surface area is 77.0 Å². The lowest BCUT2D eigenvalue weighted by molar-refractivity contribution is -0.194. The number of rotatable bonds is 0. The molecule has 1 rings (SSSR count). The second-order valence-corrected chi connectivity index (χ2v) is 3.10. The molecule has 1 heterocycles. The molecule has 1 aliphatic heterocycles. The van der Waals surface area contributed by atoms with Gasteiger partial charge in [-0.15, -0.1) is 0 Å². The molecule has 7 heteroatoms. The molecule has 0 fully saturated rings. The fraction of sp³-hybridized carbons (Fsp3) is 0.500. The fourth-order valence-electron chi connectivity index (χ4n) is 0.708. The van der Waals surface area contributed by atoms with Gasteiger partial charge in [-0.3, -0.25) is 4.79 Å². The van der Waals surface area contributed by atoms with Crippen molar-refractivity contribution in [2.45, 2.75) is 13.1 Å². The molecule has 1 atom stereocenters. The number of hydrogen-bond donors (Lipinski definition) is 1. The van der Waals surface area contributed by atoms with Gasteiger partial charge in [0.05, 0.1) is 0 Å². The van der Waals surface area contributed by atoms with Crippen molar-refractivity contribution in [2.24, 2.45) is 10.4 Å². The lowest BCUT2D eigenvalue weighted by atomic mass is 9.89. The fourth-order valence-corrected chi connectivity index (χ4v) is 0.853. The third-order valence-corrected chi connectivity index (χ3v) is 1.93. The van der Waals surface area contributed by atoms with Gasteiger partial charge in [-0.2, -0.15) is 13.2 Å². The van der Waals surface area contributed by atoms with E-state index in [1.54, 1.807) is 0 Å². The highest BCUT2D eigenvalue weighted by Gasteiger charge is 2.57. The molecule has 1 unspecified atom stereocenters. The van der Waals surface area contributed by atoms with Gasteiger partial charge in [0.25, 0.3) is 0 Å². The van der Waals surface area contributed by atoms with Gasteiger partial charge in [-0.05, 0) is 19.1 Å². The van der Waals surface area contributed by atoms with Crippen LogP contribution >= 0.6 is 12.2 Å². The van der Waals surface area contributed by atoms with Gasteiger partial charge < -0.3 is 5.32 Å². The van der Waals surface area contributed by atoms with E-state index in [2.05, 4.69) is 17.2 Å². The second kappa shape index (κ2) is 2.76. The molecule has 1 N–H and O–H groups in total. The first kappa shape index (κ1) is 10.1. The molecule has 13 heavy (non-hydrogen) atoms. The van der Waals surface area contributed by atoms with Crippen LogP contribution < -0.4 is 5.32 Å². The Hall–Kier alpha value is -0.980. The smallest absolute Gasteiger partial charge is 0.300 e. The standard InChI is InChI=1S/C6H5F3N2OS/c1-5(6(7,8)9)2-10-4(13)11-3(5)12/h2H,1H3,(H,11,12,13). The third kappa shape index (κ3) is 1.55. The van der Waals surface area contributed by atoms with Crippen molar-refractivity contribution in [2.75, 3.05) is 0 Å². The molecule has 0 saturated carbocycles. The predicted molar refractivity (Wildman–Crippen MR) is 43.4 cm³/mol. The van der Waals surface area contributed by atoms with E-state index >= 15 is 0 Å². The monoisotopic (exact) mass is 210 g/mol. The van der Waals surface area contributed by atoms with Crippen molar-refractivity contribution in [3.05, 3.63) is 0 Å². The normalized spacial score (nSPS) is 28.9. The number of aliphatic imine (C=N–C) groups is 1. The zero-order valence-electron chi connectivity index (χ0n) is 6.47. The summed E-state index contributed by atoms with van der Waals surface area (Å²) in [5, 5.41) is 1.61. The summed E-state index contributed by atoms with van der Waals surface area (Å²) < 4.78 is 36.9. The van der Waals surface area contributed by atoms with Gasteiger partial charge >= 0.3 is 6.18 Å². The van der Waals surface area contributed by atoms with Gasteiger partial charge in [-0.1, -0.05) is 0 Å². The Bertz CT molecular complexity index is 299. The number of carbonyl (C=O) groups is 1.